The van der Waals surface area contributed by atoms with Gasteiger partial charge in [0.1, 0.15) is 5.82 Å². The molecule has 0 aliphatic carbocycles. The van der Waals surface area contributed by atoms with Crippen molar-refractivity contribution in [1.82, 2.24) is 9.97 Å². The first-order valence-corrected chi connectivity index (χ1v) is 5.58. The fraction of sp³-hybridized carbons (Fsp3) is 0.556. The molecular weight excluding hydrogens is 239 g/mol. The minimum atomic E-state index is -4.18. The lowest BCUT2D eigenvalue weighted by Crippen LogP contribution is -2.21. The van der Waals surface area contributed by atoms with Crippen molar-refractivity contribution in [2.75, 3.05) is 11.5 Å². The van der Waals surface area contributed by atoms with Crippen LogP contribution in [0.2, 0.25) is 0 Å². The maximum Gasteiger partial charge on any atom is 0.392 e. The average Bonchev–Trinajstić information content (AvgIpc) is 2.11. The molecule has 90 valence electrons. The highest BCUT2D eigenvalue weighted by Crippen LogP contribution is 2.30. The predicted molar refractivity (Wildman–Crippen MR) is 57.1 cm³/mol. The van der Waals surface area contributed by atoms with Gasteiger partial charge in [-0.1, -0.05) is 18.7 Å². The van der Waals surface area contributed by atoms with Gasteiger partial charge in [-0.3, -0.25) is 0 Å². The van der Waals surface area contributed by atoms with Crippen molar-refractivity contribution in [1.29, 1.82) is 0 Å². The van der Waals surface area contributed by atoms with Gasteiger partial charge in [0.25, 0.3) is 0 Å². The quantitative estimate of drug-likeness (QED) is 0.662. The second kappa shape index (κ2) is 4.90. The molecule has 0 bridgehead atoms. The van der Waals surface area contributed by atoms with E-state index in [4.69, 9.17) is 5.73 Å². The van der Waals surface area contributed by atoms with Crippen LogP contribution in [0.25, 0.3) is 0 Å². The number of nitrogen functional groups attached to an aromatic ring is 1. The van der Waals surface area contributed by atoms with Gasteiger partial charge in [-0.05, 0) is 6.92 Å². The largest absolute Gasteiger partial charge is 0.392 e. The fourth-order valence-electron chi connectivity index (χ4n) is 0.923. The lowest BCUT2D eigenvalue weighted by atomic mass is 10.2. The van der Waals surface area contributed by atoms with Crippen molar-refractivity contribution in [2.24, 2.45) is 5.92 Å². The predicted octanol–water partition coefficient (Wildman–Crippen LogP) is 2.66. The molecular formula is C9H12F3N3S. The Balaban J connectivity index is 2.61. The average molecular weight is 251 g/mol. The Labute approximate surface area is 95.7 Å². The molecule has 0 radical (unpaired) electrons. The molecule has 1 unspecified atom stereocenters. The van der Waals surface area contributed by atoms with E-state index in [1.807, 2.05) is 0 Å². The molecule has 2 N–H and O–H groups in total. The molecule has 16 heavy (non-hydrogen) atoms. The number of alkyl halides is 3. The van der Waals surface area contributed by atoms with E-state index in [1.54, 1.807) is 13.0 Å². The molecule has 0 aliphatic heterocycles. The lowest BCUT2D eigenvalue weighted by Gasteiger charge is -2.14. The van der Waals surface area contributed by atoms with Crippen LogP contribution in [-0.4, -0.2) is 21.9 Å². The maximum absolute atomic E-state index is 12.2. The molecule has 0 spiro atoms. The van der Waals surface area contributed by atoms with Crippen LogP contribution in [0.15, 0.2) is 11.2 Å². The Morgan fingerprint density at radius 1 is 1.44 bits per heavy atom. The highest BCUT2D eigenvalue weighted by Gasteiger charge is 2.35. The van der Waals surface area contributed by atoms with E-state index >= 15 is 0 Å². The molecule has 3 nitrogen and oxygen atoms in total. The van der Waals surface area contributed by atoms with Gasteiger partial charge >= 0.3 is 6.18 Å². The van der Waals surface area contributed by atoms with Gasteiger partial charge in [0, 0.05) is 17.5 Å². The Morgan fingerprint density at radius 2 is 2.06 bits per heavy atom. The Kier molecular flexibility index (Phi) is 4.01. The smallest absolute Gasteiger partial charge is 0.384 e. The summed E-state index contributed by atoms with van der Waals surface area (Å²) in [5, 5.41) is 0.286. The summed E-state index contributed by atoms with van der Waals surface area (Å²) in [5.41, 5.74) is 6.11. The highest BCUT2D eigenvalue weighted by molar-refractivity contribution is 7.99. The monoisotopic (exact) mass is 251 g/mol. The summed E-state index contributed by atoms with van der Waals surface area (Å²) in [6.45, 7) is 2.85. The zero-order valence-corrected chi connectivity index (χ0v) is 9.69. The number of thioether (sulfide) groups is 1. The summed E-state index contributed by atoms with van der Waals surface area (Å²) < 4.78 is 36.7. The number of anilines is 1. The second-order valence-electron chi connectivity index (χ2n) is 3.47. The van der Waals surface area contributed by atoms with Crippen molar-refractivity contribution in [3.8, 4) is 0 Å². The minimum Gasteiger partial charge on any atom is -0.384 e. The number of rotatable bonds is 3. The van der Waals surface area contributed by atoms with Gasteiger partial charge < -0.3 is 5.73 Å². The van der Waals surface area contributed by atoms with Crippen LogP contribution >= 0.6 is 11.8 Å². The van der Waals surface area contributed by atoms with Crippen LogP contribution in [0.4, 0.5) is 19.0 Å². The van der Waals surface area contributed by atoms with Gasteiger partial charge in [0.15, 0.2) is 5.16 Å². The second-order valence-corrected chi connectivity index (χ2v) is 4.46. The van der Waals surface area contributed by atoms with Crippen LogP contribution < -0.4 is 5.73 Å². The van der Waals surface area contributed by atoms with Gasteiger partial charge in [0.2, 0.25) is 0 Å². The van der Waals surface area contributed by atoms with E-state index in [0.29, 0.717) is 5.69 Å². The van der Waals surface area contributed by atoms with E-state index in [2.05, 4.69) is 9.97 Å². The first kappa shape index (κ1) is 13.1. The fourth-order valence-corrected chi connectivity index (χ4v) is 1.89. The number of aromatic nitrogens is 2. The van der Waals surface area contributed by atoms with Crippen molar-refractivity contribution in [2.45, 2.75) is 25.2 Å². The van der Waals surface area contributed by atoms with E-state index in [1.165, 1.54) is 0 Å². The highest BCUT2D eigenvalue weighted by atomic mass is 32.2. The first-order chi connectivity index (χ1) is 7.29. The van der Waals surface area contributed by atoms with Crippen LogP contribution in [-0.2, 0) is 0 Å². The number of nitrogens with zero attached hydrogens (tertiary/aromatic N) is 2. The van der Waals surface area contributed by atoms with Crippen molar-refractivity contribution in [3.63, 3.8) is 0 Å². The minimum absolute atomic E-state index is 0.105. The third-order valence-corrected chi connectivity index (χ3v) is 2.98. The molecule has 1 atom stereocenters. The van der Waals surface area contributed by atoms with Crippen molar-refractivity contribution < 1.29 is 13.2 Å². The molecule has 0 saturated carbocycles. The zero-order valence-electron chi connectivity index (χ0n) is 8.88. The molecule has 0 aromatic carbocycles. The molecule has 0 aliphatic rings. The Hall–Kier alpha value is -0.980. The summed E-state index contributed by atoms with van der Waals surface area (Å²) in [6, 6.07) is 1.57. The Bertz CT molecular complexity index is 347. The van der Waals surface area contributed by atoms with E-state index < -0.39 is 12.1 Å². The molecule has 1 aromatic heterocycles. The third-order valence-electron chi connectivity index (χ3n) is 1.87. The molecule has 7 heteroatoms. The van der Waals surface area contributed by atoms with Crippen molar-refractivity contribution >= 4 is 17.6 Å². The van der Waals surface area contributed by atoms with Gasteiger partial charge in [0.05, 0.1) is 5.92 Å². The zero-order chi connectivity index (χ0) is 12.3. The van der Waals surface area contributed by atoms with Crippen LogP contribution in [0, 0.1) is 12.8 Å². The summed E-state index contributed by atoms with van der Waals surface area (Å²) in [5.74, 6) is -1.22. The summed E-state index contributed by atoms with van der Waals surface area (Å²) >= 11 is 0.962. The van der Waals surface area contributed by atoms with Gasteiger partial charge in [-0.15, -0.1) is 0 Å². The summed E-state index contributed by atoms with van der Waals surface area (Å²) in [7, 11) is 0. The van der Waals surface area contributed by atoms with E-state index in [9.17, 15) is 13.2 Å². The SMILES string of the molecule is Cc1cc(N)nc(SCC(C)C(F)(F)F)n1. The van der Waals surface area contributed by atoms with Crippen LogP contribution in [0.3, 0.4) is 0 Å². The molecule has 1 rings (SSSR count). The first-order valence-electron chi connectivity index (χ1n) is 4.59. The molecule has 1 heterocycles. The van der Waals surface area contributed by atoms with E-state index in [-0.39, 0.29) is 16.7 Å². The van der Waals surface area contributed by atoms with Crippen molar-refractivity contribution in [3.05, 3.63) is 11.8 Å². The molecule has 1 aromatic rings. The lowest BCUT2D eigenvalue weighted by molar-refractivity contribution is -0.162. The van der Waals surface area contributed by atoms with Crippen LogP contribution in [0.1, 0.15) is 12.6 Å². The normalized spacial score (nSPS) is 13.8. The maximum atomic E-state index is 12.2. The van der Waals surface area contributed by atoms with Crippen LogP contribution in [0.5, 0.6) is 0 Å². The number of hydrogen-bond donors (Lipinski definition) is 1. The molecule has 0 saturated heterocycles. The standard InChI is InChI=1S/C9H12F3N3S/c1-5(9(10,11)12)4-16-8-14-6(2)3-7(13)15-8/h3,5H,4H2,1-2H3,(H2,13,14,15). The number of nitrogens with two attached hydrogens (primary N) is 1. The third kappa shape index (κ3) is 3.88. The number of aryl methyl sites for hydroxylation is 1. The molecule has 0 amide bonds. The van der Waals surface area contributed by atoms with Gasteiger partial charge in [-0.25, -0.2) is 9.97 Å². The molecule has 0 fully saturated rings. The summed E-state index contributed by atoms with van der Waals surface area (Å²) in [4.78, 5) is 7.84. The number of hydrogen-bond acceptors (Lipinski definition) is 4. The topological polar surface area (TPSA) is 51.8 Å². The van der Waals surface area contributed by atoms with Gasteiger partial charge in [-0.2, -0.15) is 13.2 Å². The Morgan fingerprint density at radius 3 is 2.56 bits per heavy atom. The van der Waals surface area contributed by atoms with E-state index in [0.717, 1.165) is 18.7 Å². The summed E-state index contributed by atoms with van der Waals surface area (Å²) in [6.07, 6.45) is -4.18. The number of halogens is 3.